The van der Waals surface area contributed by atoms with Crippen LogP contribution in [-0.2, 0) is 10.0 Å². The first-order chi connectivity index (χ1) is 9.74. The molecule has 1 aromatic carbocycles. The number of nitrogens with one attached hydrogen (secondary N) is 2. The van der Waals surface area contributed by atoms with E-state index in [2.05, 4.69) is 10.0 Å². The third kappa shape index (κ3) is 6.81. The molecule has 0 atom stereocenters. The van der Waals surface area contributed by atoms with Crippen LogP contribution in [0.5, 0.6) is 0 Å². The van der Waals surface area contributed by atoms with Crippen molar-refractivity contribution >= 4 is 15.7 Å². The summed E-state index contributed by atoms with van der Waals surface area (Å²) in [6.07, 6.45) is -4.32. The summed E-state index contributed by atoms with van der Waals surface area (Å²) in [4.78, 5) is 0.136. The molecule has 0 amide bonds. The average molecular weight is 324 g/mol. The first kappa shape index (κ1) is 17.8. The second-order valence-corrected chi connectivity index (χ2v) is 6.33. The van der Waals surface area contributed by atoms with Gasteiger partial charge in [0.15, 0.2) is 0 Å². The number of hydrogen-bond donors (Lipinski definition) is 2. The van der Waals surface area contributed by atoms with Gasteiger partial charge in [-0.2, -0.15) is 13.2 Å². The maximum atomic E-state index is 12.0. The van der Waals surface area contributed by atoms with Crippen LogP contribution < -0.4 is 10.0 Å². The molecular formula is C13H19F3N2O2S. The van der Waals surface area contributed by atoms with Crippen molar-refractivity contribution in [1.82, 2.24) is 4.72 Å². The van der Waals surface area contributed by atoms with E-state index >= 15 is 0 Å². The van der Waals surface area contributed by atoms with Gasteiger partial charge in [0.05, 0.1) is 4.90 Å². The number of benzene rings is 1. The van der Waals surface area contributed by atoms with E-state index in [1.165, 1.54) is 24.3 Å². The lowest BCUT2D eigenvalue weighted by Gasteiger charge is -2.09. The maximum Gasteiger partial charge on any atom is 0.389 e. The Morgan fingerprint density at radius 1 is 1.10 bits per heavy atom. The molecule has 0 unspecified atom stereocenters. The Kier molecular flexibility index (Phi) is 6.47. The number of hydrogen-bond acceptors (Lipinski definition) is 3. The minimum atomic E-state index is -4.15. The van der Waals surface area contributed by atoms with E-state index in [1.807, 2.05) is 6.92 Å². The fraction of sp³-hybridized carbons (Fsp3) is 0.538. The molecular weight excluding hydrogens is 305 g/mol. The van der Waals surface area contributed by atoms with Gasteiger partial charge in [0.25, 0.3) is 0 Å². The zero-order valence-corrected chi connectivity index (χ0v) is 12.5. The lowest BCUT2D eigenvalue weighted by Crippen LogP contribution is -2.24. The smallest absolute Gasteiger partial charge is 0.385 e. The molecule has 0 aliphatic heterocycles. The fourth-order valence-corrected chi connectivity index (χ4v) is 2.73. The lowest BCUT2D eigenvalue weighted by molar-refractivity contribution is -0.134. The highest BCUT2D eigenvalue weighted by atomic mass is 32.2. The molecule has 21 heavy (non-hydrogen) atoms. The summed E-state index contributed by atoms with van der Waals surface area (Å²) in [5.41, 5.74) is 0.589. The van der Waals surface area contributed by atoms with Gasteiger partial charge in [-0.1, -0.05) is 6.92 Å². The van der Waals surface area contributed by atoms with E-state index in [4.69, 9.17) is 0 Å². The highest BCUT2D eigenvalue weighted by Gasteiger charge is 2.25. The Morgan fingerprint density at radius 3 is 2.24 bits per heavy atom. The maximum absolute atomic E-state index is 12.0. The van der Waals surface area contributed by atoms with Gasteiger partial charge in [0.2, 0.25) is 10.0 Å². The van der Waals surface area contributed by atoms with Crippen molar-refractivity contribution in [3.8, 4) is 0 Å². The summed E-state index contributed by atoms with van der Waals surface area (Å²) in [5, 5.41) is 2.82. The van der Waals surface area contributed by atoms with Crippen molar-refractivity contribution in [2.75, 3.05) is 18.4 Å². The van der Waals surface area contributed by atoms with Crippen molar-refractivity contribution in [2.24, 2.45) is 0 Å². The molecule has 0 bridgehead atoms. The second-order valence-electron chi connectivity index (χ2n) is 4.57. The van der Waals surface area contributed by atoms with E-state index in [-0.39, 0.29) is 17.9 Å². The molecule has 0 aliphatic carbocycles. The Labute approximate surface area is 122 Å². The first-order valence-corrected chi connectivity index (χ1v) is 8.13. The summed E-state index contributed by atoms with van der Waals surface area (Å²) in [7, 11) is -3.51. The zero-order valence-electron chi connectivity index (χ0n) is 11.7. The van der Waals surface area contributed by atoms with Gasteiger partial charge < -0.3 is 5.32 Å². The van der Waals surface area contributed by atoms with E-state index in [1.54, 1.807) is 0 Å². The fourth-order valence-electron chi connectivity index (χ4n) is 1.59. The van der Waals surface area contributed by atoms with Crippen LogP contribution in [0.1, 0.15) is 26.2 Å². The van der Waals surface area contributed by atoms with Gasteiger partial charge in [0, 0.05) is 25.2 Å². The third-order valence-electron chi connectivity index (χ3n) is 2.67. The molecule has 1 rings (SSSR count). The van der Waals surface area contributed by atoms with Gasteiger partial charge >= 0.3 is 6.18 Å². The Balaban J connectivity index is 2.51. The highest BCUT2D eigenvalue weighted by molar-refractivity contribution is 7.89. The second kappa shape index (κ2) is 7.65. The quantitative estimate of drug-likeness (QED) is 0.722. The number of alkyl halides is 3. The normalized spacial score (nSPS) is 12.4. The standard InChI is InChI=1S/C13H19F3N2O2S/c1-2-9-18-21(19,20)12-6-4-11(5-7-12)17-10-3-8-13(14,15)16/h4-7,17-18H,2-3,8-10H2,1H3. The molecule has 0 fully saturated rings. The summed E-state index contributed by atoms with van der Waals surface area (Å²) >= 11 is 0. The lowest BCUT2D eigenvalue weighted by atomic mass is 10.3. The van der Waals surface area contributed by atoms with Crippen LogP contribution in [0.15, 0.2) is 29.2 Å². The predicted molar refractivity (Wildman–Crippen MR) is 75.7 cm³/mol. The van der Waals surface area contributed by atoms with Crippen molar-refractivity contribution in [3.63, 3.8) is 0 Å². The van der Waals surface area contributed by atoms with Crippen molar-refractivity contribution in [1.29, 1.82) is 0 Å². The molecule has 0 saturated carbocycles. The highest BCUT2D eigenvalue weighted by Crippen LogP contribution is 2.21. The minimum absolute atomic E-state index is 0.0262. The molecule has 0 aliphatic rings. The van der Waals surface area contributed by atoms with Gasteiger partial charge in [-0.3, -0.25) is 0 Å². The number of halogens is 3. The molecule has 0 aromatic heterocycles. The first-order valence-electron chi connectivity index (χ1n) is 6.65. The predicted octanol–water partition coefficient (Wildman–Crippen LogP) is 3.13. The van der Waals surface area contributed by atoms with Crippen molar-refractivity contribution < 1.29 is 21.6 Å². The SMILES string of the molecule is CCCNS(=O)(=O)c1ccc(NCCCC(F)(F)F)cc1. The van der Waals surface area contributed by atoms with Crippen LogP contribution in [-0.4, -0.2) is 27.7 Å². The summed E-state index contributed by atoms with van der Waals surface area (Å²) in [6, 6.07) is 5.91. The van der Waals surface area contributed by atoms with Gasteiger partial charge in [-0.15, -0.1) is 0 Å². The van der Waals surface area contributed by atoms with Crippen LogP contribution >= 0.6 is 0 Å². The molecule has 2 N–H and O–H groups in total. The van der Waals surface area contributed by atoms with Gasteiger partial charge in [-0.05, 0) is 37.1 Å². The van der Waals surface area contributed by atoms with Crippen LogP contribution in [0.25, 0.3) is 0 Å². The third-order valence-corrected chi connectivity index (χ3v) is 4.15. The summed E-state index contributed by atoms with van der Waals surface area (Å²) in [6.45, 7) is 2.40. The molecule has 8 heteroatoms. The Bertz CT molecular complexity index is 527. The molecule has 1 aromatic rings. The summed E-state index contributed by atoms with van der Waals surface area (Å²) in [5.74, 6) is 0. The summed E-state index contributed by atoms with van der Waals surface area (Å²) < 4.78 is 62.0. The Morgan fingerprint density at radius 2 is 1.71 bits per heavy atom. The van der Waals surface area contributed by atoms with Crippen molar-refractivity contribution in [2.45, 2.75) is 37.3 Å². The van der Waals surface area contributed by atoms with E-state index < -0.39 is 22.6 Å². The van der Waals surface area contributed by atoms with Crippen LogP contribution in [0.2, 0.25) is 0 Å². The van der Waals surface area contributed by atoms with Crippen molar-refractivity contribution in [3.05, 3.63) is 24.3 Å². The number of rotatable bonds is 8. The molecule has 0 saturated heterocycles. The van der Waals surface area contributed by atoms with Gasteiger partial charge in [0.1, 0.15) is 0 Å². The number of anilines is 1. The average Bonchev–Trinajstić information content (AvgIpc) is 2.41. The topological polar surface area (TPSA) is 58.2 Å². The Hall–Kier alpha value is -1.28. The molecule has 0 radical (unpaired) electrons. The molecule has 120 valence electrons. The van der Waals surface area contributed by atoms with Gasteiger partial charge in [-0.25, -0.2) is 13.1 Å². The molecule has 4 nitrogen and oxygen atoms in total. The molecule has 0 spiro atoms. The van der Waals surface area contributed by atoms with E-state index in [0.29, 0.717) is 18.7 Å². The largest absolute Gasteiger partial charge is 0.389 e. The van der Waals surface area contributed by atoms with Crippen LogP contribution in [0.4, 0.5) is 18.9 Å². The van der Waals surface area contributed by atoms with E-state index in [9.17, 15) is 21.6 Å². The monoisotopic (exact) mass is 324 g/mol. The minimum Gasteiger partial charge on any atom is -0.385 e. The number of sulfonamides is 1. The zero-order chi connectivity index (χ0) is 15.9. The van der Waals surface area contributed by atoms with Crippen LogP contribution in [0, 0.1) is 0 Å². The van der Waals surface area contributed by atoms with E-state index in [0.717, 1.165) is 0 Å². The molecule has 0 heterocycles. The van der Waals surface area contributed by atoms with Crippen LogP contribution in [0.3, 0.4) is 0 Å².